The number of hydrazone groups is 1. The predicted octanol–water partition coefficient (Wildman–Crippen LogP) is 6.51. The molecule has 1 amide bonds. The topological polar surface area (TPSA) is 110 Å². The summed E-state index contributed by atoms with van der Waals surface area (Å²) in [4.78, 5) is 25.6. The number of carbonyl (C=O) groups excluding carboxylic acids is 2. The Kier molecular flexibility index (Phi) is 11.5. The summed E-state index contributed by atoms with van der Waals surface area (Å²) < 4.78 is 19.4. The van der Waals surface area contributed by atoms with E-state index >= 15 is 0 Å². The maximum atomic E-state index is 12.8. The minimum atomic E-state index is -0.625. The van der Waals surface area contributed by atoms with Crippen molar-refractivity contribution >= 4 is 91.4 Å². The van der Waals surface area contributed by atoms with Gasteiger partial charge in [0.15, 0.2) is 11.7 Å². The summed E-state index contributed by atoms with van der Waals surface area (Å²) in [6.45, 7) is 3.80. The summed E-state index contributed by atoms with van der Waals surface area (Å²) in [6.07, 6.45) is 1.56. The van der Waals surface area contributed by atoms with Gasteiger partial charge in [-0.25, -0.2) is 10.2 Å². The van der Waals surface area contributed by atoms with E-state index in [-0.39, 0.29) is 13.2 Å². The van der Waals surface area contributed by atoms with E-state index in [1.165, 1.54) is 0 Å². The molecule has 0 radical (unpaired) electrons. The number of halogens is 2. The Labute approximate surface area is 299 Å². The molecule has 4 aromatic rings. The fourth-order valence-corrected chi connectivity index (χ4v) is 7.32. The van der Waals surface area contributed by atoms with E-state index in [0.717, 1.165) is 29.0 Å². The fourth-order valence-electron chi connectivity index (χ4n) is 5.00. The molecule has 1 aliphatic rings. The molecule has 236 valence electrons. The Morgan fingerprint density at radius 1 is 1.02 bits per heavy atom. The highest BCUT2D eigenvalue weighted by molar-refractivity contribution is 14.1. The number of thiocarbonyl (C=S) groups is 1. The highest BCUT2D eigenvalue weighted by atomic mass is 127. The number of esters is 1. The molecule has 0 spiro atoms. The number of allylic oxidation sites excluding steroid dienone is 1. The number of fused-ring (bicyclic) bond motifs is 1. The number of carbonyl (C=O) groups is 2. The van der Waals surface area contributed by atoms with Crippen LogP contribution in [0.2, 0.25) is 0 Å². The highest BCUT2D eigenvalue weighted by Crippen LogP contribution is 2.34. The molecule has 46 heavy (non-hydrogen) atoms. The summed E-state index contributed by atoms with van der Waals surface area (Å²) in [6, 6.07) is 24.8. The number of hydrogen-bond donors (Lipinski definition) is 3. The number of nitrogens with one attached hydrogen (secondary N) is 3. The smallest absolute Gasteiger partial charge is 0.338 e. The van der Waals surface area contributed by atoms with Crippen molar-refractivity contribution in [1.82, 2.24) is 16.1 Å². The van der Waals surface area contributed by atoms with Crippen LogP contribution in [0.15, 0.2) is 95.2 Å². The third-order valence-corrected chi connectivity index (χ3v) is 8.68. The molecular weight excluding hydrogens is 830 g/mol. The van der Waals surface area contributed by atoms with Gasteiger partial charge in [-0.05, 0) is 106 Å². The van der Waals surface area contributed by atoms with E-state index in [4.69, 9.17) is 26.4 Å². The second-order valence-corrected chi connectivity index (χ2v) is 13.0. The molecule has 0 aromatic heterocycles. The van der Waals surface area contributed by atoms with Gasteiger partial charge in [-0.1, -0.05) is 60.7 Å². The molecule has 1 atom stereocenters. The average molecular weight is 861 g/mol. The van der Waals surface area contributed by atoms with Crippen LogP contribution in [-0.2, 0) is 20.9 Å². The van der Waals surface area contributed by atoms with Gasteiger partial charge in [0.2, 0.25) is 0 Å². The molecule has 0 saturated carbocycles. The Bertz CT molecular complexity index is 1860. The number of ether oxygens (including phenoxy) is 3. The Hall–Kier alpha value is -3.76. The van der Waals surface area contributed by atoms with Gasteiger partial charge < -0.3 is 24.8 Å². The first-order valence-electron chi connectivity index (χ1n) is 14.3. The van der Waals surface area contributed by atoms with E-state index in [2.05, 4.69) is 90.6 Å². The van der Waals surface area contributed by atoms with E-state index in [9.17, 15) is 9.59 Å². The van der Waals surface area contributed by atoms with Crippen molar-refractivity contribution in [2.45, 2.75) is 26.5 Å². The van der Waals surface area contributed by atoms with Crippen molar-refractivity contribution in [3.05, 3.63) is 114 Å². The third-order valence-electron chi connectivity index (χ3n) is 7.04. The molecule has 0 aliphatic carbocycles. The standard InChI is InChI=1S/C34H30I2N4O5S/c1-3-43-33(42)30-20(2)38-34(46)39-31(30)26-13-6-7-14-28(26)44-19-29(41)40-37-17-23-15-24(35)16-27(36)32(23)45-18-22-11-8-10-21-9-4-5-12-25(21)22/h4-17,31H,3,18-19H2,1-2H3,(H,40,41)(H2,38,39,46)/t31-/m1/s1. The van der Waals surface area contributed by atoms with Crippen molar-refractivity contribution < 1.29 is 23.8 Å². The van der Waals surface area contributed by atoms with Gasteiger partial charge in [0.1, 0.15) is 18.1 Å². The monoisotopic (exact) mass is 860 g/mol. The lowest BCUT2D eigenvalue weighted by atomic mass is 9.95. The van der Waals surface area contributed by atoms with E-state index in [0.29, 0.717) is 40.1 Å². The molecule has 9 nitrogen and oxygen atoms in total. The van der Waals surface area contributed by atoms with Gasteiger partial charge in [-0.3, -0.25) is 4.79 Å². The summed E-state index contributed by atoms with van der Waals surface area (Å²) in [5.41, 5.74) is 5.93. The van der Waals surface area contributed by atoms with Gasteiger partial charge in [0.25, 0.3) is 5.91 Å². The van der Waals surface area contributed by atoms with Crippen molar-refractivity contribution in [2.75, 3.05) is 13.2 Å². The minimum Gasteiger partial charge on any atom is -0.487 e. The number of para-hydroxylation sites is 1. The van der Waals surface area contributed by atoms with Crippen LogP contribution in [0.5, 0.6) is 11.5 Å². The molecule has 0 fully saturated rings. The lowest BCUT2D eigenvalue weighted by Gasteiger charge is -2.30. The zero-order valence-electron chi connectivity index (χ0n) is 24.9. The van der Waals surface area contributed by atoms with Gasteiger partial charge in [0, 0.05) is 20.4 Å². The Balaban J connectivity index is 1.26. The number of amides is 1. The van der Waals surface area contributed by atoms with Crippen LogP contribution < -0.4 is 25.5 Å². The summed E-state index contributed by atoms with van der Waals surface area (Å²) in [5.74, 6) is 0.149. The first-order valence-corrected chi connectivity index (χ1v) is 16.9. The van der Waals surface area contributed by atoms with Crippen LogP contribution in [0.3, 0.4) is 0 Å². The van der Waals surface area contributed by atoms with E-state index < -0.39 is 17.9 Å². The highest BCUT2D eigenvalue weighted by Gasteiger charge is 2.32. The predicted molar refractivity (Wildman–Crippen MR) is 199 cm³/mol. The normalized spacial score (nSPS) is 14.5. The molecule has 5 rings (SSSR count). The van der Waals surface area contributed by atoms with Gasteiger partial charge >= 0.3 is 5.97 Å². The van der Waals surface area contributed by atoms with Crippen LogP contribution in [-0.4, -0.2) is 36.4 Å². The maximum Gasteiger partial charge on any atom is 0.338 e. The zero-order chi connectivity index (χ0) is 32.6. The third kappa shape index (κ3) is 8.14. The second-order valence-electron chi connectivity index (χ2n) is 10.1. The second kappa shape index (κ2) is 15.7. The summed E-state index contributed by atoms with van der Waals surface area (Å²) in [5, 5.41) is 12.9. The molecule has 1 aliphatic heterocycles. The quantitative estimate of drug-likeness (QED) is 0.0515. The zero-order valence-corrected chi connectivity index (χ0v) is 30.1. The lowest BCUT2D eigenvalue weighted by Crippen LogP contribution is -2.45. The maximum absolute atomic E-state index is 12.8. The average Bonchev–Trinajstić information content (AvgIpc) is 3.03. The minimum absolute atomic E-state index is 0.227. The first-order chi connectivity index (χ1) is 22.2. The van der Waals surface area contributed by atoms with Gasteiger partial charge in [-0.2, -0.15) is 5.10 Å². The molecule has 3 N–H and O–H groups in total. The van der Waals surface area contributed by atoms with Crippen LogP contribution in [0.1, 0.15) is 36.6 Å². The molecular formula is C34H30I2N4O5S. The molecule has 4 aromatic carbocycles. The molecule has 12 heteroatoms. The molecule has 1 heterocycles. The number of nitrogens with zero attached hydrogens (tertiary/aromatic N) is 1. The van der Waals surface area contributed by atoms with Crippen LogP contribution in [0.25, 0.3) is 10.8 Å². The van der Waals surface area contributed by atoms with Crippen molar-refractivity contribution in [2.24, 2.45) is 5.10 Å². The van der Waals surface area contributed by atoms with Crippen LogP contribution >= 0.6 is 57.4 Å². The van der Waals surface area contributed by atoms with Gasteiger partial charge in [0.05, 0.1) is 28.0 Å². The largest absolute Gasteiger partial charge is 0.487 e. The molecule has 0 unspecified atom stereocenters. The first kappa shape index (κ1) is 33.6. The lowest BCUT2D eigenvalue weighted by molar-refractivity contribution is -0.139. The van der Waals surface area contributed by atoms with Crippen molar-refractivity contribution in [1.29, 1.82) is 0 Å². The fraction of sp³-hybridized carbons (Fsp3) is 0.176. The Morgan fingerprint density at radius 3 is 2.61 bits per heavy atom. The molecule has 0 bridgehead atoms. The van der Waals surface area contributed by atoms with Gasteiger partial charge in [-0.15, -0.1) is 0 Å². The number of benzene rings is 4. The summed E-state index contributed by atoms with van der Waals surface area (Å²) >= 11 is 9.83. The SMILES string of the molecule is CCOC(=O)C1=C(C)NC(=S)N[C@@H]1c1ccccc1OCC(=O)NN=Cc1cc(I)cc(I)c1OCc1cccc2ccccc12. The van der Waals surface area contributed by atoms with Crippen molar-refractivity contribution in [3.63, 3.8) is 0 Å². The van der Waals surface area contributed by atoms with E-state index in [1.54, 1.807) is 32.2 Å². The number of rotatable bonds is 11. The van der Waals surface area contributed by atoms with Crippen molar-refractivity contribution in [3.8, 4) is 11.5 Å². The summed E-state index contributed by atoms with van der Waals surface area (Å²) in [7, 11) is 0. The molecule has 0 saturated heterocycles. The van der Waals surface area contributed by atoms with Crippen LogP contribution in [0.4, 0.5) is 0 Å². The number of hydrogen-bond acceptors (Lipinski definition) is 7. The van der Waals surface area contributed by atoms with Crippen LogP contribution in [0, 0.1) is 7.14 Å². The Morgan fingerprint density at radius 2 is 1.78 bits per heavy atom. The van der Waals surface area contributed by atoms with E-state index in [1.807, 2.05) is 42.5 Å².